The van der Waals surface area contributed by atoms with E-state index >= 15 is 0 Å². The number of hydrogen-bond donors (Lipinski definition) is 0. The van der Waals surface area contributed by atoms with Crippen molar-refractivity contribution in [3.05, 3.63) is 59.7 Å². The summed E-state index contributed by atoms with van der Waals surface area (Å²) in [6.07, 6.45) is -9.31. The molecular weight excluding hydrogens is 616 g/mol. The van der Waals surface area contributed by atoms with Crippen LogP contribution in [0.5, 0.6) is 0 Å². The van der Waals surface area contributed by atoms with Crippen molar-refractivity contribution >= 4 is 99.1 Å². The summed E-state index contributed by atoms with van der Waals surface area (Å²) in [6, 6.07) is 7.22. The number of nitrogens with zero attached hydrogens (tertiary/aromatic N) is 3. The second-order valence-electron chi connectivity index (χ2n) is 6.65. The quantitative estimate of drug-likeness (QED) is 0.183. The van der Waals surface area contributed by atoms with Gasteiger partial charge in [0.15, 0.2) is 11.7 Å². The molecule has 2 aromatic rings. The lowest BCUT2D eigenvalue weighted by Gasteiger charge is -2.29. The Kier molecular flexibility index (Phi) is 7.66. The number of aliphatic imine (C=N–C) groups is 1. The second-order valence-corrected chi connectivity index (χ2v) is 13.8. The molecule has 0 radical (unpaired) electrons. The average Bonchev–Trinajstić information content (AvgIpc) is 2.71. The predicted octanol–water partition coefficient (Wildman–Crippen LogP) is 8.34. The normalized spacial score (nSPS) is 17.1. The number of benzene rings is 2. The zero-order valence-electron chi connectivity index (χ0n) is 15.9. The van der Waals surface area contributed by atoms with Crippen LogP contribution in [0.4, 0.5) is 26.3 Å². The van der Waals surface area contributed by atoms with Gasteiger partial charge in [-0.15, -0.1) is 0 Å². The van der Waals surface area contributed by atoms with Crippen LogP contribution in [-0.4, -0.2) is 19.3 Å². The highest BCUT2D eigenvalue weighted by Crippen LogP contribution is 2.54. The van der Waals surface area contributed by atoms with Gasteiger partial charge in [0.25, 0.3) is 0 Å². The van der Waals surface area contributed by atoms with E-state index in [1.54, 1.807) is 0 Å². The Morgan fingerprint density at radius 1 is 0.559 bits per heavy atom. The fraction of sp³-hybridized carbons (Fsp3) is 0.222. The van der Waals surface area contributed by atoms with Crippen LogP contribution < -0.4 is 10.6 Å². The predicted molar refractivity (Wildman–Crippen MR) is 127 cm³/mol. The van der Waals surface area contributed by atoms with Crippen molar-refractivity contribution in [2.45, 2.75) is 19.9 Å². The van der Waals surface area contributed by atoms with Gasteiger partial charge in [0.2, 0.25) is 7.59 Å². The minimum atomic E-state index is -4.65. The highest BCUT2D eigenvalue weighted by molar-refractivity contribution is 7.80. The summed E-state index contributed by atoms with van der Waals surface area (Å²) in [5.41, 5.74) is -1.97. The minimum Gasteiger partial charge on any atom is -0.216 e. The minimum absolute atomic E-state index is 0.0497. The summed E-state index contributed by atoms with van der Waals surface area (Å²) in [5.74, 6) is -1.02. The number of amidine groups is 2. The van der Waals surface area contributed by atoms with E-state index in [9.17, 15) is 26.3 Å². The molecule has 3 rings (SSSR count). The zero-order chi connectivity index (χ0) is 25.7. The first-order valence-corrected chi connectivity index (χ1v) is 12.6. The number of hydrogen-bond acceptors (Lipinski definition) is 3. The molecular formula is C18H8Cl6F6N3P. The van der Waals surface area contributed by atoms with Gasteiger partial charge in [-0.05, 0) is 24.3 Å². The van der Waals surface area contributed by atoms with E-state index in [1.807, 2.05) is 0 Å². The van der Waals surface area contributed by atoms with Gasteiger partial charge in [0.05, 0.1) is 11.1 Å². The van der Waals surface area contributed by atoms with E-state index < -0.39 is 49.9 Å². The summed E-state index contributed by atoms with van der Waals surface area (Å²) in [4.78, 5) is 3.86. The number of alkyl halides is 12. The smallest absolute Gasteiger partial charge is 0.216 e. The maximum atomic E-state index is 13.1. The van der Waals surface area contributed by atoms with Gasteiger partial charge >= 0.3 is 12.4 Å². The first-order valence-electron chi connectivity index (χ1n) is 8.65. The Morgan fingerprint density at radius 3 is 1.21 bits per heavy atom. The first kappa shape index (κ1) is 27.9. The van der Waals surface area contributed by atoms with Crippen LogP contribution in [0.15, 0.2) is 63.0 Å². The molecule has 0 unspecified atom stereocenters. The van der Waals surface area contributed by atoms with Crippen molar-refractivity contribution in [1.29, 1.82) is 0 Å². The monoisotopic (exact) mass is 621 g/mol. The standard InChI is InChI=1S/C18H8Cl6F6N3P/c19-15(20,21)13-31-14(16(22,23)24)33-34(32-13,11-5-1-9(2-6-11)17(25,26)27)12-7-3-10(4-8-12)18(28,29)30/h1-8H. The third-order valence-electron chi connectivity index (χ3n) is 4.31. The molecule has 0 atom stereocenters. The van der Waals surface area contributed by atoms with E-state index in [-0.39, 0.29) is 10.6 Å². The topological polar surface area (TPSA) is 37.1 Å². The molecule has 0 saturated carbocycles. The highest BCUT2D eigenvalue weighted by Gasteiger charge is 2.42. The average molecular weight is 624 g/mol. The summed E-state index contributed by atoms with van der Waals surface area (Å²) in [6.45, 7) is 0. The SMILES string of the molecule is FC(F)(F)c1ccc(P2(c3ccc(C(F)(F)F)cc3)=NC(C(Cl)(Cl)Cl)=NC(C(Cl)(Cl)Cl)=N2)cc1. The van der Waals surface area contributed by atoms with Crippen molar-refractivity contribution in [3.63, 3.8) is 0 Å². The van der Waals surface area contributed by atoms with Gasteiger partial charge in [-0.25, -0.2) is 14.5 Å². The van der Waals surface area contributed by atoms with E-state index in [1.165, 1.54) is 0 Å². The molecule has 1 aliphatic rings. The maximum Gasteiger partial charge on any atom is 0.416 e. The van der Waals surface area contributed by atoms with Crippen LogP contribution in [0.3, 0.4) is 0 Å². The first-order chi connectivity index (χ1) is 15.3. The lowest BCUT2D eigenvalue weighted by molar-refractivity contribution is -0.138. The molecule has 1 heterocycles. The van der Waals surface area contributed by atoms with Gasteiger partial charge < -0.3 is 0 Å². The third-order valence-corrected chi connectivity index (χ3v) is 8.32. The largest absolute Gasteiger partial charge is 0.416 e. The molecule has 3 nitrogen and oxygen atoms in total. The lowest BCUT2D eigenvalue weighted by Crippen LogP contribution is -2.30. The molecule has 0 spiro atoms. The Labute approximate surface area is 218 Å². The summed E-state index contributed by atoms with van der Waals surface area (Å²) < 4.78 is 82.6. The van der Waals surface area contributed by atoms with Crippen LogP contribution in [0.2, 0.25) is 0 Å². The molecule has 34 heavy (non-hydrogen) atoms. The van der Waals surface area contributed by atoms with E-state index in [0.29, 0.717) is 0 Å². The summed E-state index contributed by atoms with van der Waals surface area (Å²) >= 11 is 35.7. The Bertz CT molecular complexity index is 1120. The molecule has 1 aliphatic heterocycles. The summed E-state index contributed by atoms with van der Waals surface area (Å²) in [7, 11) is -3.70. The van der Waals surface area contributed by atoms with Crippen LogP contribution >= 0.6 is 76.8 Å². The van der Waals surface area contributed by atoms with Gasteiger partial charge in [-0.1, -0.05) is 93.9 Å². The molecule has 0 saturated heterocycles. The Hall–Kier alpha value is -0.670. The van der Waals surface area contributed by atoms with Crippen molar-refractivity contribution in [2.24, 2.45) is 14.5 Å². The summed E-state index contributed by atoms with van der Waals surface area (Å²) in [5, 5.41) is 0.0994. The molecule has 0 aromatic heterocycles. The van der Waals surface area contributed by atoms with Crippen molar-refractivity contribution < 1.29 is 26.3 Å². The molecule has 184 valence electrons. The molecule has 0 bridgehead atoms. The van der Waals surface area contributed by atoms with Crippen molar-refractivity contribution in [3.8, 4) is 0 Å². The van der Waals surface area contributed by atoms with Crippen LogP contribution in [0.1, 0.15) is 11.1 Å². The van der Waals surface area contributed by atoms with Crippen LogP contribution in [0.25, 0.3) is 0 Å². The molecule has 2 aromatic carbocycles. The zero-order valence-corrected chi connectivity index (χ0v) is 21.4. The molecule has 0 fully saturated rings. The fourth-order valence-electron chi connectivity index (χ4n) is 2.78. The fourth-order valence-corrected chi connectivity index (χ4v) is 6.51. The molecule has 16 heteroatoms. The van der Waals surface area contributed by atoms with Gasteiger partial charge in [-0.2, -0.15) is 26.3 Å². The van der Waals surface area contributed by atoms with E-state index in [0.717, 1.165) is 48.5 Å². The van der Waals surface area contributed by atoms with Crippen molar-refractivity contribution in [2.75, 3.05) is 0 Å². The highest BCUT2D eigenvalue weighted by atomic mass is 35.6. The van der Waals surface area contributed by atoms with E-state index in [4.69, 9.17) is 69.6 Å². The van der Waals surface area contributed by atoms with Crippen LogP contribution in [-0.2, 0) is 12.4 Å². The number of rotatable bonds is 2. The van der Waals surface area contributed by atoms with E-state index in [2.05, 4.69) is 14.5 Å². The lowest BCUT2D eigenvalue weighted by atomic mass is 10.2. The van der Waals surface area contributed by atoms with Crippen molar-refractivity contribution in [1.82, 2.24) is 0 Å². The second kappa shape index (κ2) is 9.33. The Balaban J connectivity index is 2.38. The Morgan fingerprint density at radius 2 is 0.912 bits per heavy atom. The van der Waals surface area contributed by atoms with Crippen LogP contribution in [0, 0.1) is 0 Å². The molecule has 0 N–H and O–H groups in total. The number of halogens is 12. The maximum absolute atomic E-state index is 13.1. The van der Waals surface area contributed by atoms with Gasteiger partial charge in [0, 0.05) is 10.6 Å². The third kappa shape index (κ3) is 6.00. The van der Waals surface area contributed by atoms with Gasteiger partial charge in [-0.3, -0.25) is 0 Å². The molecule has 0 amide bonds. The van der Waals surface area contributed by atoms with Gasteiger partial charge in [0.1, 0.15) is 7.21 Å². The molecule has 0 aliphatic carbocycles.